The number of hydrogen-bond acceptors (Lipinski definition) is 5. The van der Waals surface area contributed by atoms with Gasteiger partial charge >= 0.3 is 0 Å². The van der Waals surface area contributed by atoms with E-state index in [4.69, 9.17) is 9.47 Å². The number of benzene rings is 1. The van der Waals surface area contributed by atoms with Gasteiger partial charge < -0.3 is 14.6 Å². The molecule has 1 aliphatic heterocycles. The van der Waals surface area contributed by atoms with E-state index in [0.29, 0.717) is 4.90 Å². The van der Waals surface area contributed by atoms with Crippen molar-refractivity contribution in [2.75, 3.05) is 12.9 Å². The molecule has 1 saturated heterocycles. The predicted molar refractivity (Wildman–Crippen MR) is 109 cm³/mol. The maximum atomic E-state index is 13.0. The Kier molecular flexibility index (Phi) is 6.25. The molecule has 1 aromatic rings. The van der Waals surface area contributed by atoms with Gasteiger partial charge in [0, 0.05) is 18.4 Å². The standard InChI is InChI=1S/C22H30O5S/c1-15(2)10-11-18-21(3,27-18)20-19(26-4)17(23)12-13-22(20,24)14-28(25)16-8-6-5-7-9-16/h5-10,18-20,24H,11-14H2,1-4H3/t18?,19?,20?,21-,22-,28?/m0/s1. The zero-order chi connectivity index (χ0) is 20.5. The maximum Gasteiger partial charge on any atom is 0.162 e. The number of methoxy groups -OCH3 is 1. The normalized spacial score (nSPS) is 36.0. The van der Waals surface area contributed by atoms with Gasteiger partial charge in [0.1, 0.15) is 11.7 Å². The first-order valence-corrected chi connectivity index (χ1v) is 11.1. The summed E-state index contributed by atoms with van der Waals surface area (Å²) in [7, 11) is 0.110. The van der Waals surface area contributed by atoms with Crippen LogP contribution in [0.25, 0.3) is 0 Å². The molecular formula is C22H30O5S. The van der Waals surface area contributed by atoms with Crippen molar-refractivity contribution in [3.05, 3.63) is 42.0 Å². The molecule has 4 unspecified atom stereocenters. The van der Waals surface area contributed by atoms with Crippen LogP contribution in [0, 0.1) is 5.92 Å². The van der Waals surface area contributed by atoms with Crippen LogP contribution in [0.1, 0.15) is 40.0 Å². The average molecular weight is 407 g/mol. The van der Waals surface area contributed by atoms with Crippen molar-refractivity contribution in [2.24, 2.45) is 5.92 Å². The third-order valence-corrected chi connectivity index (χ3v) is 7.54. The van der Waals surface area contributed by atoms with Crippen molar-refractivity contribution in [3.63, 3.8) is 0 Å². The van der Waals surface area contributed by atoms with Crippen LogP contribution in [-0.4, -0.2) is 51.4 Å². The smallest absolute Gasteiger partial charge is 0.162 e. The Balaban J connectivity index is 1.88. The topological polar surface area (TPSA) is 76.1 Å². The molecule has 0 bridgehead atoms. The summed E-state index contributed by atoms with van der Waals surface area (Å²) >= 11 is 0. The highest BCUT2D eigenvalue weighted by molar-refractivity contribution is 7.85. The molecule has 0 amide bonds. The van der Waals surface area contributed by atoms with E-state index in [0.717, 1.165) is 6.42 Å². The summed E-state index contributed by atoms with van der Waals surface area (Å²) in [6.07, 6.45) is 2.46. The molecule has 1 N–H and O–H groups in total. The molecule has 3 rings (SSSR count). The second kappa shape index (κ2) is 8.19. The van der Waals surface area contributed by atoms with E-state index in [1.54, 1.807) is 12.1 Å². The summed E-state index contributed by atoms with van der Waals surface area (Å²) in [5.41, 5.74) is -0.788. The molecule has 2 aliphatic rings. The average Bonchev–Trinajstić information content (AvgIpc) is 3.33. The SMILES string of the molecule is COC1C(=O)CC[C@](O)(CS(=O)c2ccccc2)C1[C@@]1(C)OC1CC=C(C)C. The Hall–Kier alpha value is -1.34. The minimum Gasteiger partial charge on any atom is -0.388 e. The van der Waals surface area contributed by atoms with Crippen molar-refractivity contribution in [1.82, 2.24) is 0 Å². The van der Waals surface area contributed by atoms with E-state index < -0.39 is 34.0 Å². The van der Waals surface area contributed by atoms with E-state index in [9.17, 15) is 14.1 Å². The fraction of sp³-hybridized carbons (Fsp3) is 0.591. The van der Waals surface area contributed by atoms with Crippen LogP contribution in [0.2, 0.25) is 0 Å². The van der Waals surface area contributed by atoms with E-state index in [2.05, 4.69) is 6.08 Å². The Labute approximate surface area is 169 Å². The van der Waals surface area contributed by atoms with E-state index in [1.165, 1.54) is 12.7 Å². The summed E-state index contributed by atoms with van der Waals surface area (Å²) in [5, 5.41) is 11.6. The number of epoxide rings is 1. The molecule has 6 heteroatoms. The third-order valence-electron chi connectivity index (χ3n) is 5.98. The van der Waals surface area contributed by atoms with E-state index in [1.807, 2.05) is 39.0 Å². The van der Waals surface area contributed by atoms with Crippen molar-refractivity contribution in [1.29, 1.82) is 0 Å². The van der Waals surface area contributed by atoms with Crippen molar-refractivity contribution >= 4 is 16.6 Å². The molecule has 1 aromatic carbocycles. The molecule has 0 spiro atoms. The van der Waals surface area contributed by atoms with Gasteiger partial charge in [-0.25, -0.2) is 0 Å². The third kappa shape index (κ3) is 4.15. The molecule has 0 radical (unpaired) electrons. The van der Waals surface area contributed by atoms with Crippen LogP contribution in [0.3, 0.4) is 0 Å². The second-order valence-corrected chi connectivity index (χ2v) is 9.77. The predicted octanol–water partition coefficient (Wildman–Crippen LogP) is 3.03. The number of ketones is 1. The lowest BCUT2D eigenvalue weighted by Crippen LogP contribution is -2.60. The zero-order valence-corrected chi connectivity index (χ0v) is 17.8. The molecule has 6 atom stereocenters. The highest BCUT2D eigenvalue weighted by atomic mass is 32.2. The Bertz CT molecular complexity index is 772. The molecule has 0 aromatic heterocycles. The quantitative estimate of drug-likeness (QED) is 0.556. The summed E-state index contributed by atoms with van der Waals surface area (Å²) in [4.78, 5) is 13.2. The summed E-state index contributed by atoms with van der Waals surface area (Å²) in [6, 6.07) is 9.12. The number of aliphatic hydroxyl groups is 1. The lowest BCUT2D eigenvalue weighted by Gasteiger charge is -2.45. The first-order chi connectivity index (χ1) is 13.2. The first-order valence-electron chi connectivity index (χ1n) is 9.74. The molecule has 1 saturated carbocycles. The van der Waals surface area contributed by atoms with Crippen molar-refractivity contribution in [2.45, 2.75) is 68.3 Å². The van der Waals surface area contributed by atoms with Gasteiger partial charge in [0.2, 0.25) is 0 Å². The number of allylic oxidation sites excluding steroid dienone is 1. The fourth-order valence-corrected chi connectivity index (χ4v) is 5.83. The number of Topliss-reactive ketones (excluding diaryl/α,β-unsaturated/α-hetero) is 1. The van der Waals surface area contributed by atoms with Gasteiger partial charge in [0.15, 0.2) is 5.78 Å². The van der Waals surface area contributed by atoms with Gasteiger partial charge in [-0.1, -0.05) is 29.8 Å². The molecule has 2 fully saturated rings. The lowest BCUT2D eigenvalue weighted by atomic mass is 9.67. The maximum absolute atomic E-state index is 13.0. The van der Waals surface area contributed by atoms with Gasteiger partial charge in [-0.3, -0.25) is 9.00 Å². The number of carbonyl (C=O) groups is 1. The van der Waals surface area contributed by atoms with Crippen LogP contribution in [0.5, 0.6) is 0 Å². The largest absolute Gasteiger partial charge is 0.388 e. The monoisotopic (exact) mass is 406 g/mol. The second-order valence-electron chi connectivity index (χ2n) is 8.31. The summed E-state index contributed by atoms with van der Waals surface area (Å²) in [5.74, 6) is -0.529. The Morgan fingerprint density at radius 3 is 2.64 bits per heavy atom. The van der Waals surface area contributed by atoms with Gasteiger partial charge in [-0.05, 0) is 45.7 Å². The van der Waals surface area contributed by atoms with E-state index in [-0.39, 0.29) is 30.5 Å². The summed E-state index contributed by atoms with van der Waals surface area (Å²) in [6.45, 7) is 5.99. The van der Waals surface area contributed by atoms with Crippen LogP contribution in [0.4, 0.5) is 0 Å². The van der Waals surface area contributed by atoms with Crippen LogP contribution < -0.4 is 0 Å². The molecular weight excluding hydrogens is 376 g/mol. The van der Waals surface area contributed by atoms with Gasteiger partial charge in [-0.15, -0.1) is 0 Å². The molecule has 154 valence electrons. The van der Waals surface area contributed by atoms with Crippen LogP contribution >= 0.6 is 0 Å². The van der Waals surface area contributed by atoms with Gasteiger partial charge in [-0.2, -0.15) is 0 Å². The highest BCUT2D eigenvalue weighted by Gasteiger charge is 2.67. The molecule has 1 aliphatic carbocycles. The zero-order valence-electron chi connectivity index (χ0n) is 17.0. The molecule has 5 nitrogen and oxygen atoms in total. The molecule has 28 heavy (non-hydrogen) atoms. The molecule has 1 heterocycles. The van der Waals surface area contributed by atoms with Crippen molar-refractivity contribution < 1.29 is 23.6 Å². The number of rotatable bonds is 7. The highest BCUT2D eigenvalue weighted by Crippen LogP contribution is 2.54. The Morgan fingerprint density at radius 1 is 1.36 bits per heavy atom. The number of hydrogen-bond donors (Lipinski definition) is 1. The van der Waals surface area contributed by atoms with Gasteiger partial charge in [0.25, 0.3) is 0 Å². The van der Waals surface area contributed by atoms with Crippen LogP contribution in [-0.2, 0) is 25.1 Å². The Morgan fingerprint density at radius 2 is 2.04 bits per heavy atom. The lowest BCUT2D eigenvalue weighted by molar-refractivity contribution is -0.159. The minimum absolute atomic E-state index is 0.0274. The number of carbonyl (C=O) groups excluding carboxylic acids is 1. The van der Waals surface area contributed by atoms with E-state index >= 15 is 0 Å². The van der Waals surface area contributed by atoms with Gasteiger partial charge in [0.05, 0.1) is 34.2 Å². The number of ether oxygens (including phenoxy) is 2. The minimum atomic E-state index is -1.38. The fourth-order valence-electron chi connectivity index (χ4n) is 4.42. The van der Waals surface area contributed by atoms with Crippen molar-refractivity contribution in [3.8, 4) is 0 Å². The first kappa shape index (κ1) is 21.4. The summed E-state index contributed by atoms with van der Waals surface area (Å²) < 4.78 is 24.5. The van der Waals surface area contributed by atoms with Crippen LogP contribution in [0.15, 0.2) is 46.9 Å².